The van der Waals surface area contributed by atoms with Crippen molar-refractivity contribution in [1.29, 1.82) is 5.41 Å². The van der Waals surface area contributed by atoms with Gasteiger partial charge in [0.15, 0.2) is 0 Å². The Kier molecular flexibility index (Phi) is 2.60. The molecule has 0 aromatic rings. The Morgan fingerprint density at radius 2 is 2.11 bits per heavy atom. The molecule has 0 saturated carbocycles. The second-order valence-corrected chi connectivity index (χ2v) is 3.13. The third-order valence-electron chi connectivity index (χ3n) is 0.629. The number of hydrogen-bond donors (Lipinski definition) is 3. The van der Waals surface area contributed by atoms with Gasteiger partial charge in [0.25, 0.3) is 10.1 Å². The number of hydrogen-bond acceptors (Lipinski definition) is 3. The summed E-state index contributed by atoms with van der Waals surface area (Å²) < 4.78 is 28.0. The minimum absolute atomic E-state index is 0.112. The quantitative estimate of drug-likeness (QED) is 0.280. The molecule has 0 atom stereocenters. The Labute approximate surface area is 53.1 Å². The number of nitrogens with one attached hydrogen (secondary N) is 1. The van der Waals surface area contributed by atoms with Gasteiger partial charge >= 0.3 is 0 Å². The highest BCUT2D eigenvalue weighted by Crippen LogP contribution is 1.85. The van der Waals surface area contributed by atoms with Gasteiger partial charge in [-0.05, 0) is 0 Å². The molecule has 0 aromatic carbocycles. The lowest BCUT2D eigenvalue weighted by Gasteiger charge is -1.92. The smallest absolute Gasteiger partial charge is 0.265 e. The van der Waals surface area contributed by atoms with E-state index in [-0.39, 0.29) is 12.3 Å². The van der Waals surface area contributed by atoms with Crippen molar-refractivity contribution >= 4 is 16.0 Å². The Morgan fingerprint density at radius 1 is 1.67 bits per heavy atom. The number of nitrogens with two attached hydrogens (primary N) is 1. The minimum Gasteiger partial charge on any atom is -0.388 e. The van der Waals surface area contributed by atoms with Gasteiger partial charge in [0.1, 0.15) is 0 Å². The summed E-state index contributed by atoms with van der Waals surface area (Å²) in [4.78, 5) is 0. The summed E-state index contributed by atoms with van der Waals surface area (Å²) in [6.07, 6.45) is -0.112. The van der Waals surface area contributed by atoms with E-state index in [1.807, 2.05) is 0 Å². The average Bonchev–Trinajstić information content (AvgIpc) is 1.59. The molecule has 4 N–H and O–H groups in total. The predicted octanol–water partition coefficient (Wildman–Crippen LogP) is -0.800. The van der Waals surface area contributed by atoms with Crippen LogP contribution in [0.4, 0.5) is 0 Å². The SMILES string of the molecule is N=C(N)CCS(=O)(=O)O. The third-order valence-corrected chi connectivity index (χ3v) is 1.35. The summed E-state index contributed by atoms with van der Waals surface area (Å²) >= 11 is 0. The van der Waals surface area contributed by atoms with Crippen LogP contribution in [0.25, 0.3) is 0 Å². The zero-order valence-corrected chi connectivity index (χ0v) is 5.48. The van der Waals surface area contributed by atoms with Crippen LogP contribution in [0.3, 0.4) is 0 Å². The van der Waals surface area contributed by atoms with Crippen LogP contribution in [0.5, 0.6) is 0 Å². The second-order valence-electron chi connectivity index (χ2n) is 1.56. The van der Waals surface area contributed by atoms with Crippen LogP contribution in [0, 0.1) is 5.41 Å². The van der Waals surface area contributed by atoms with Crippen molar-refractivity contribution in [3.05, 3.63) is 0 Å². The maximum absolute atomic E-state index is 9.94. The van der Waals surface area contributed by atoms with Crippen molar-refractivity contribution in [2.75, 3.05) is 5.75 Å². The van der Waals surface area contributed by atoms with E-state index in [0.717, 1.165) is 0 Å². The Morgan fingerprint density at radius 3 is 2.22 bits per heavy atom. The lowest BCUT2D eigenvalue weighted by atomic mass is 10.5. The van der Waals surface area contributed by atoms with Crippen LogP contribution in [0.2, 0.25) is 0 Å². The predicted molar refractivity (Wildman–Crippen MR) is 32.9 cm³/mol. The van der Waals surface area contributed by atoms with Crippen LogP contribution < -0.4 is 5.73 Å². The van der Waals surface area contributed by atoms with E-state index in [9.17, 15) is 8.42 Å². The van der Waals surface area contributed by atoms with Crippen molar-refractivity contribution in [3.63, 3.8) is 0 Å². The standard InChI is InChI=1S/C3H8N2O3S/c4-3(5)1-2-9(6,7)8/h1-2H2,(H3,4,5)(H,6,7,8). The molecule has 0 spiro atoms. The first-order valence-electron chi connectivity index (χ1n) is 2.20. The van der Waals surface area contributed by atoms with E-state index < -0.39 is 15.9 Å². The Bertz CT molecular complexity index is 195. The summed E-state index contributed by atoms with van der Waals surface area (Å²) in [6.45, 7) is 0. The van der Waals surface area contributed by atoms with Crippen LogP contribution in [-0.4, -0.2) is 24.6 Å². The molecule has 0 unspecified atom stereocenters. The van der Waals surface area contributed by atoms with Gasteiger partial charge in [0, 0.05) is 6.42 Å². The molecule has 0 aliphatic rings. The molecule has 0 aliphatic carbocycles. The van der Waals surface area contributed by atoms with E-state index >= 15 is 0 Å². The van der Waals surface area contributed by atoms with Gasteiger partial charge in [-0.15, -0.1) is 0 Å². The van der Waals surface area contributed by atoms with E-state index in [2.05, 4.69) is 0 Å². The van der Waals surface area contributed by atoms with Gasteiger partial charge in [-0.1, -0.05) is 0 Å². The molecule has 0 fully saturated rings. The van der Waals surface area contributed by atoms with Gasteiger partial charge < -0.3 is 5.73 Å². The van der Waals surface area contributed by atoms with Crippen LogP contribution in [-0.2, 0) is 10.1 Å². The Hall–Kier alpha value is -0.620. The molecule has 5 nitrogen and oxygen atoms in total. The fraction of sp³-hybridized carbons (Fsp3) is 0.667. The monoisotopic (exact) mass is 152 g/mol. The van der Waals surface area contributed by atoms with Crippen molar-refractivity contribution in [2.45, 2.75) is 6.42 Å². The molecule has 9 heavy (non-hydrogen) atoms. The first-order valence-corrected chi connectivity index (χ1v) is 3.81. The van der Waals surface area contributed by atoms with Crippen molar-refractivity contribution in [1.82, 2.24) is 0 Å². The topological polar surface area (TPSA) is 104 Å². The lowest BCUT2D eigenvalue weighted by molar-refractivity contribution is 0.483. The van der Waals surface area contributed by atoms with E-state index in [0.29, 0.717) is 0 Å². The molecule has 0 heterocycles. The van der Waals surface area contributed by atoms with Crippen molar-refractivity contribution in [3.8, 4) is 0 Å². The summed E-state index contributed by atoms with van der Waals surface area (Å²) in [5.74, 6) is -0.713. The summed E-state index contributed by atoms with van der Waals surface area (Å²) in [7, 11) is -3.94. The minimum atomic E-state index is -3.94. The molecule has 54 valence electrons. The Balaban J connectivity index is 3.67. The maximum atomic E-state index is 9.94. The molecular weight excluding hydrogens is 144 g/mol. The summed E-state index contributed by atoms with van der Waals surface area (Å²) in [5, 5.41) is 6.58. The first kappa shape index (κ1) is 8.38. The molecule has 6 heteroatoms. The zero-order valence-electron chi connectivity index (χ0n) is 4.66. The van der Waals surface area contributed by atoms with Crippen LogP contribution in [0.15, 0.2) is 0 Å². The fourth-order valence-corrected chi connectivity index (χ4v) is 0.717. The summed E-state index contributed by atoms with van der Waals surface area (Å²) in [5.41, 5.74) is 4.81. The normalized spacial score (nSPS) is 11.2. The van der Waals surface area contributed by atoms with Crippen molar-refractivity contribution in [2.24, 2.45) is 5.73 Å². The van der Waals surface area contributed by atoms with Gasteiger partial charge in [-0.3, -0.25) is 9.96 Å². The second kappa shape index (κ2) is 2.79. The average molecular weight is 152 g/mol. The third kappa shape index (κ3) is 7.38. The maximum Gasteiger partial charge on any atom is 0.265 e. The molecule has 0 rings (SSSR count). The van der Waals surface area contributed by atoms with Gasteiger partial charge in [-0.25, -0.2) is 0 Å². The summed E-state index contributed by atoms with van der Waals surface area (Å²) in [6, 6.07) is 0. The van der Waals surface area contributed by atoms with E-state index in [1.54, 1.807) is 0 Å². The van der Waals surface area contributed by atoms with Crippen LogP contribution in [0.1, 0.15) is 6.42 Å². The molecule has 0 bridgehead atoms. The molecule has 0 radical (unpaired) electrons. The first-order chi connectivity index (χ1) is 3.92. The molecule has 0 amide bonds. The van der Waals surface area contributed by atoms with Gasteiger partial charge in [-0.2, -0.15) is 8.42 Å². The highest BCUT2D eigenvalue weighted by atomic mass is 32.2. The number of amidine groups is 1. The zero-order chi connectivity index (χ0) is 7.49. The fourth-order valence-electron chi connectivity index (χ4n) is 0.239. The molecule has 0 aliphatic heterocycles. The molecule has 0 saturated heterocycles. The molecular formula is C3H8N2O3S. The largest absolute Gasteiger partial charge is 0.388 e. The number of rotatable bonds is 3. The highest BCUT2D eigenvalue weighted by molar-refractivity contribution is 7.85. The van der Waals surface area contributed by atoms with Crippen LogP contribution >= 0.6 is 0 Å². The van der Waals surface area contributed by atoms with Crippen molar-refractivity contribution < 1.29 is 13.0 Å². The van der Waals surface area contributed by atoms with E-state index in [1.165, 1.54) is 0 Å². The van der Waals surface area contributed by atoms with Gasteiger partial charge in [0.2, 0.25) is 0 Å². The lowest BCUT2D eigenvalue weighted by Crippen LogP contribution is -2.15. The molecule has 0 aromatic heterocycles. The van der Waals surface area contributed by atoms with Gasteiger partial charge in [0.05, 0.1) is 11.6 Å². The highest BCUT2D eigenvalue weighted by Gasteiger charge is 2.03. The van der Waals surface area contributed by atoms with E-state index in [4.69, 9.17) is 15.7 Å².